The number of hydrogen-bond acceptors (Lipinski definition) is 10. The highest BCUT2D eigenvalue weighted by atomic mass is 32.2. The molecule has 3 saturated heterocycles. The maximum atomic E-state index is 13.6. The fraction of sp³-hybridized carbons (Fsp3) is 0.692. The molecule has 13 heteroatoms. The van der Waals surface area contributed by atoms with Gasteiger partial charge in [-0.05, 0) is 49.8 Å². The van der Waals surface area contributed by atoms with Gasteiger partial charge in [-0.2, -0.15) is 4.31 Å². The number of rotatable bonds is 11. The molecule has 1 amide bonds. The zero-order valence-corrected chi connectivity index (χ0v) is 23.6. The minimum absolute atomic E-state index is 0.143. The van der Waals surface area contributed by atoms with Gasteiger partial charge in [-0.3, -0.25) is 0 Å². The Bertz CT molecular complexity index is 1380. The predicted octanol–water partition coefficient (Wildman–Crippen LogP) is 2.91. The Morgan fingerprint density at radius 3 is 2.92 bits per heavy atom. The predicted molar refractivity (Wildman–Crippen MR) is 143 cm³/mol. The van der Waals surface area contributed by atoms with Gasteiger partial charge in [0.2, 0.25) is 10.0 Å². The summed E-state index contributed by atoms with van der Waals surface area (Å²) in [5.41, 5.74) is 0.435. The van der Waals surface area contributed by atoms with Crippen molar-refractivity contribution in [1.82, 2.24) is 14.6 Å². The van der Waals surface area contributed by atoms with E-state index in [9.17, 15) is 13.2 Å². The Hall–Kier alpha value is -2.03. The van der Waals surface area contributed by atoms with Gasteiger partial charge in [0.05, 0.1) is 21.7 Å². The molecule has 2 bridgehead atoms. The standard InChI is InChI=1S/C26H34N4O7S2/c1-14(2)12-30(39(32,33)16-6-7-18-20(10-16)38-24(29-18)28-15-4-5-15)9-3-8-27-25(31)36-21-19-11-17-23(35-19)37-26(17)13-34-22(21)26/h6-7,10,14-15,17,19,21-23H,3-5,8-9,11-13H2,1-2H3,(H,27,31)(H,28,29). The molecule has 2 N–H and O–H groups in total. The Morgan fingerprint density at radius 1 is 1.33 bits per heavy atom. The molecule has 5 aliphatic rings. The molecule has 5 fully saturated rings. The zero-order chi connectivity index (χ0) is 26.9. The van der Waals surface area contributed by atoms with E-state index in [0.29, 0.717) is 31.5 Å². The van der Waals surface area contributed by atoms with E-state index < -0.39 is 22.2 Å². The molecule has 2 aromatic rings. The van der Waals surface area contributed by atoms with Gasteiger partial charge >= 0.3 is 6.09 Å². The van der Waals surface area contributed by atoms with E-state index >= 15 is 0 Å². The molecule has 6 atom stereocenters. The summed E-state index contributed by atoms with van der Waals surface area (Å²) in [6.45, 7) is 5.44. The van der Waals surface area contributed by atoms with E-state index in [1.807, 2.05) is 13.8 Å². The molecule has 1 aromatic heterocycles. The van der Waals surface area contributed by atoms with Crippen LogP contribution in [0.4, 0.5) is 9.93 Å². The minimum Gasteiger partial charge on any atom is -0.441 e. The van der Waals surface area contributed by atoms with E-state index in [1.54, 1.807) is 18.2 Å². The Kier molecular flexibility index (Phi) is 6.32. The first kappa shape index (κ1) is 25.9. The van der Waals surface area contributed by atoms with Gasteiger partial charge in [0, 0.05) is 31.6 Å². The Morgan fingerprint density at radius 2 is 2.18 bits per heavy atom. The first-order chi connectivity index (χ1) is 18.7. The second-order valence-electron chi connectivity index (χ2n) is 11.7. The van der Waals surface area contributed by atoms with Crippen LogP contribution in [0.15, 0.2) is 23.1 Å². The number of carbonyl (C=O) groups is 1. The van der Waals surface area contributed by atoms with Crippen LogP contribution in [0.2, 0.25) is 0 Å². The van der Waals surface area contributed by atoms with Crippen LogP contribution >= 0.6 is 11.3 Å². The Labute approximate surface area is 231 Å². The summed E-state index contributed by atoms with van der Waals surface area (Å²) in [5, 5.41) is 6.99. The van der Waals surface area contributed by atoms with Crippen LogP contribution in [0, 0.1) is 11.8 Å². The third-order valence-electron chi connectivity index (χ3n) is 8.29. The molecule has 7 rings (SSSR count). The largest absolute Gasteiger partial charge is 0.441 e. The van der Waals surface area contributed by atoms with Crippen molar-refractivity contribution in [1.29, 1.82) is 0 Å². The molecule has 3 aliphatic heterocycles. The molecular formula is C26H34N4O7S2. The first-order valence-corrected chi connectivity index (χ1v) is 16.1. The van der Waals surface area contributed by atoms with Crippen LogP contribution in [-0.4, -0.2) is 86.3 Å². The normalized spacial score (nSPS) is 32.6. The monoisotopic (exact) mass is 578 g/mol. The SMILES string of the molecule is CC(C)CN(CCCNC(=O)OC1C2CC3C(O2)OC32COC12)S(=O)(=O)c1ccc2nc(NC3CC3)sc2c1. The topological polar surface area (TPSA) is 128 Å². The van der Waals surface area contributed by atoms with Gasteiger partial charge in [-0.25, -0.2) is 18.2 Å². The van der Waals surface area contributed by atoms with Gasteiger partial charge in [-0.15, -0.1) is 0 Å². The van der Waals surface area contributed by atoms with Crippen LogP contribution < -0.4 is 10.6 Å². The summed E-state index contributed by atoms with van der Waals surface area (Å²) in [4.78, 5) is 17.4. The highest BCUT2D eigenvalue weighted by Crippen LogP contribution is 2.61. The van der Waals surface area contributed by atoms with Gasteiger partial charge < -0.3 is 29.6 Å². The van der Waals surface area contributed by atoms with Gasteiger partial charge in [0.1, 0.15) is 17.8 Å². The highest BCUT2D eigenvalue weighted by Gasteiger charge is 2.77. The molecule has 2 aliphatic carbocycles. The number of carbonyl (C=O) groups excluding carboxylic acids is 1. The number of aromatic nitrogens is 1. The molecule has 2 saturated carbocycles. The molecule has 39 heavy (non-hydrogen) atoms. The molecule has 6 unspecified atom stereocenters. The highest BCUT2D eigenvalue weighted by molar-refractivity contribution is 7.89. The lowest BCUT2D eigenvalue weighted by Gasteiger charge is -2.61. The Balaban J connectivity index is 0.956. The number of alkyl carbamates (subject to hydrolysis) is 1. The fourth-order valence-electron chi connectivity index (χ4n) is 6.14. The molecule has 1 spiro atoms. The lowest BCUT2D eigenvalue weighted by atomic mass is 9.66. The summed E-state index contributed by atoms with van der Waals surface area (Å²) in [6, 6.07) is 5.60. The second kappa shape index (κ2) is 9.52. The van der Waals surface area contributed by atoms with Crippen molar-refractivity contribution in [2.45, 2.75) is 80.7 Å². The number of benzene rings is 1. The summed E-state index contributed by atoms with van der Waals surface area (Å²) in [7, 11) is -3.73. The number of hydrogen-bond donors (Lipinski definition) is 2. The van der Waals surface area contributed by atoms with Crippen LogP contribution in [0.25, 0.3) is 10.2 Å². The van der Waals surface area contributed by atoms with Crippen molar-refractivity contribution in [3.05, 3.63) is 18.2 Å². The molecule has 212 valence electrons. The van der Waals surface area contributed by atoms with Crippen LogP contribution in [0.5, 0.6) is 0 Å². The minimum atomic E-state index is -3.73. The van der Waals surface area contributed by atoms with Crippen molar-refractivity contribution in [3.63, 3.8) is 0 Å². The number of nitrogens with one attached hydrogen (secondary N) is 2. The number of ether oxygens (including phenoxy) is 4. The third kappa shape index (κ3) is 4.51. The summed E-state index contributed by atoms with van der Waals surface area (Å²) in [5.74, 6) is 0.472. The summed E-state index contributed by atoms with van der Waals surface area (Å²) in [6.07, 6.45) is 1.80. The van der Waals surface area contributed by atoms with Crippen LogP contribution in [0.1, 0.15) is 39.5 Å². The molecule has 4 heterocycles. The van der Waals surface area contributed by atoms with Crippen molar-refractivity contribution in [2.24, 2.45) is 11.8 Å². The number of thiazole rings is 1. The summed E-state index contributed by atoms with van der Waals surface area (Å²) >= 11 is 1.48. The van der Waals surface area contributed by atoms with Gasteiger partial charge in [0.25, 0.3) is 0 Å². The second-order valence-corrected chi connectivity index (χ2v) is 14.6. The summed E-state index contributed by atoms with van der Waals surface area (Å²) < 4.78 is 52.8. The van der Waals surface area contributed by atoms with E-state index in [0.717, 1.165) is 34.6 Å². The van der Waals surface area contributed by atoms with E-state index in [4.69, 9.17) is 18.9 Å². The molecular weight excluding hydrogens is 544 g/mol. The fourth-order valence-corrected chi connectivity index (χ4v) is 8.87. The maximum Gasteiger partial charge on any atom is 0.407 e. The van der Waals surface area contributed by atoms with E-state index in [2.05, 4.69) is 15.6 Å². The third-order valence-corrected chi connectivity index (χ3v) is 11.1. The van der Waals surface area contributed by atoms with Gasteiger partial charge in [-0.1, -0.05) is 25.2 Å². The van der Waals surface area contributed by atoms with Crippen molar-refractivity contribution >= 4 is 42.8 Å². The van der Waals surface area contributed by atoms with E-state index in [-0.39, 0.29) is 48.0 Å². The van der Waals surface area contributed by atoms with Crippen molar-refractivity contribution in [3.8, 4) is 0 Å². The van der Waals surface area contributed by atoms with Crippen LogP contribution in [0.3, 0.4) is 0 Å². The van der Waals surface area contributed by atoms with E-state index in [1.165, 1.54) is 15.6 Å². The number of anilines is 1. The average Bonchev–Trinajstić information content (AvgIpc) is 3.50. The molecule has 11 nitrogen and oxygen atoms in total. The average molecular weight is 579 g/mol. The number of fused-ring (bicyclic) bond motifs is 2. The smallest absolute Gasteiger partial charge is 0.407 e. The van der Waals surface area contributed by atoms with Crippen molar-refractivity contribution in [2.75, 3.05) is 31.6 Å². The lowest BCUT2D eigenvalue weighted by molar-refractivity contribution is -0.409. The van der Waals surface area contributed by atoms with Gasteiger partial charge in [0.15, 0.2) is 17.5 Å². The molecule has 1 aromatic carbocycles. The van der Waals surface area contributed by atoms with Crippen LogP contribution in [-0.2, 0) is 29.0 Å². The number of sulfonamides is 1. The maximum absolute atomic E-state index is 13.6. The quantitative estimate of drug-likeness (QED) is 0.387. The first-order valence-electron chi connectivity index (χ1n) is 13.8. The lowest BCUT2D eigenvalue weighted by Crippen LogP contribution is -2.78. The zero-order valence-electron chi connectivity index (χ0n) is 22.0. The molecule has 0 radical (unpaired) electrons. The van der Waals surface area contributed by atoms with Crippen molar-refractivity contribution < 1.29 is 32.2 Å². The number of amides is 1. The number of nitrogens with zero attached hydrogens (tertiary/aromatic N) is 2.